The highest BCUT2D eigenvalue weighted by Crippen LogP contribution is 2.57. The van der Waals surface area contributed by atoms with E-state index < -0.39 is 0 Å². The van der Waals surface area contributed by atoms with Crippen LogP contribution >= 0.6 is 0 Å². The first-order valence-corrected chi connectivity index (χ1v) is 6.99. The minimum Gasteiger partial charge on any atom is -0.465 e. The molecule has 3 fully saturated rings. The molecule has 4 heteroatoms. The van der Waals surface area contributed by atoms with Gasteiger partial charge in [0.05, 0.1) is 18.4 Å². The van der Waals surface area contributed by atoms with Crippen LogP contribution in [0.5, 0.6) is 0 Å². The van der Waals surface area contributed by atoms with Gasteiger partial charge in [-0.15, -0.1) is 0 Å². The van der Waals surface area contributed by atoms with Crippen molar-refractivity contribution in [2.45, 2.75) is 39.2 Å². The second-order valence-corrected chi connectivity index (χ2v) is 6.00. The van der Waals surface area contributed by atoms with Crippen LogP contribution in [-0.2, 0) is 19.1 Å². The molecule has 6 unspecified atom stereocenters. The van der Waals surface area contributed by atoms with Crippen molar-refractivity contribution in [1.29, 1.82) is 0 Å². The monoisotopic (exact) mass is 252 g/mol. The molecule has 2 saturated carbocycles. The van der Waals surface area contributed by atoms with Crippen LogP contribution in [0.2, 0.25) is 0 Å². The summed E-state index contributed by atoms with van der Waals surface area (Å²) in [7, 11) is 0. The van der Waals surface area contributed by atoms with Crippen molar-refractivity contribution >= 4 is 11.9 Å². The number of hydrogen-bond acceptors (Lipinski definition) is 4. The van der Waals surface area contributed by atoms with Gasteiger partial charge in [-0.1, -0.05) is 13.8 Å². The molecule has 18 heavy (non-hydrogen) atoms. The second kappa shape index (κ2) is 4.25. The van der Waals surface area contributed by atoms with Gasteiger partial charge in [0.2, 0.25) is 0 Å². The van der Waals surface area contributed by atoms with Gasteiger partial charge in [0.25, 0.3) is 0 Å². The highest BCUT2D eigenvalue weighted by atomic mass is 16.6. The molecule has 3 aliphatic rings. The highest BCUT2D eigenvalue weighted by molar-refractivity contribution is 5.77. The topological polar surface area (TPSA) is 52.6 Å². The highest BCUT2D eigenvalue weighted by Gasteiger charge is 2.62. The first-order valence-electron chi connectivity index (χ1n) is 6.99. The maximum atomic E-state index is 11.8. The zero-order chi connectivity index (χ0) is 12.9. The summed E-state index contributed by atoms with van der Waals surface area (Å²) in [6, 6.07) is 0. The third-order valence-corrected chi connectivity index (χ3v) is 5.09. The van der Waals surface area contributed by atoms with Gasteiger partial charge >= 0.3 is 11.9 Å². The predicted octanol–water partition coefficient (Wildman–Crippen LogP) is 1.77. The fourth-order valence-corrected chi connectivity index (χ4v) is 3.85. The van der Waals surface area contributed by atoms with Gasteiger partial charge in [0.15, 0.2) is 0 Å². The van der Waals surface area contributed by atoms with Gasteiger partial charge in [-0.25, -0.2) is 0 Å². The molecule has 0 N–H and O–H groups in total. The van der Waals surface area contributed by atoms with E-state index in [1.54, 1.807) is 0 Å². The van der Waals surface area contributed by atoms with E-state index >= 15 is 0 Å². The van der Waals surface area contributed by atoms with E-state index in [1.807, 2.05) is 13.8 Å². The van der Waals surface area contributed by atoms with Crippen molar-refractivity contribution in [2.75, 3.05) is 6.61 Å². The van der Waals surface area contributed by atoms with E-state index in [0.29, 0.717) is 18.4 Å². The van der Waals surface area contributed by atoms with Crippen LogP contribution in [0.3, 0.4) is 0 Å². The van der Waals surface area contributed by atoms with Crippen molar-refractivity contribution in [1.82, 2.24) is 0 Å². The Labute approximate surface area is 107 Å². The van der Waals surface area contributed by atoms with Gasteiger partial charge in [0, 0.05) is 11.8 Å². The zero-order valence-electron chi connectivity index (χ0n) is 10.9. The molecule has 2 aliphatic carbocycles. The summed E-state index contributed by atoms with van der Waals surface area (Å²) >= 11 is 0. The van der Waals surface area contributed by atoms with Crippen molar-refractivity contribution < 1.29 is 19.1 Å². The maximum Gasteiger partial charge on any atom is 0.310 e. The molecule has 4 nitrogen and oxygen atoms in total. The van der Waals surface area contributed by atoms with E-state index in [1.165, 1.54) is 0 Å². The predicted molar refractivity (Wildman–Crippen MR) is 63.5 cm³/mol. The SMILES string of the molecule is CCC(C)C(=O)OCC1C2CC3OC(=O)C1C3C2. The number of fused-ring (bicyclic) bond motifs is 1. The number of carbonyl (C=O) groups is 2. The summed E-state index contributed by atoms with van der Waals surface area (Å²) in [5.41, 5.74) is 0. The third-order valence-electron chi connectivity index (χ3n) is 5.09. The van der Waals surface area contributed by atoms with Crippen LogP contribution in [0, 0.1) is 29.6 Å². The third kappa shape index (κ3) is 1.65. The maximum absolute atomic E-state index is 11.8. The molecule has 0 aromatic rings. The first-order chi connectivity index (χ1) is 8.61. The molecular formula is C14H20O4. The van der Waals surface area contributed by atoms with Gasteiger partial charge in [-0.2, -0.15) is 0 Å². The van der Waals surface area contributed by atoms with Gasteiger partial charge in [-0.3, -0.25) is 9.59 Å². The lowest BCUT2D eigenvalue weighted by Gasteiger charge is -2.24. The van der Waals surface area contributed by atoms with Crippen molar-refractivity contribution in [3.05, 3.63) is 0 Å². The number of carbonyl (C=O) groups excluding carboxylic acids is 2. The number of rotatable bonds is 4. The minimum absolute atomic E-state index is 0.00140. The summed E-state index contributed by atoms with van der Waals surface area (Å²) in [5, 5.41) is 0. The fourth-order valence-electron chi connectivity index (χ4n) is 3.85. The normalized spacial score (nSPS) is 41.9. The average Bonchev–Trinajstić information content (AvgIpc) is 2.95. The Kier molecular flexibility index (Phi) is 2.83. The lowest BCUT2D eigenvalue weighted by molar-refractivity contribution is -0.152. The molecular weight excluding hydrogens is 232 g/mol. The summed E-state index contributed by atoms with van der Waals surface area (Å²) < 4.78 is 10.7. The molecule has 0 spiro atoms. The molecule has 0 aromatic heterocycles. The quantitative estimate of drug-likeness (QED) is 0.716. The van der Waals surface area contributed by atoms with E-state index in [0.717, 1.165) is 19.3 Å². The molecule has 1 heterocycles. The molecule has 0 aromatic carbocycles. The Hall–Kier alpha value is -1.06. The second-order valence-electron chi connectivity index (χ2n) is 6.00. The molecule has 100 valence electrons. The lowest BCUT2D eigenvalue weighted by atomic mass is 9.80. The Morgan fingerprint density at radius 2 is 2.28 bits per heavy atom. The van der Waals surface area contributed by atoms with E-state index in [4.69, 9.17) is 9.47 Å². The van der Waals surface area contributed by atoms with E-state index in [-0.39, 0.29) is 35.8 Å². The Balaban J connectivity index is 1.61. The van der Waals surface area contributed by atoms with Crippen LogP contribution in [0.15, 0.2) is 0 Å². The lowest BCUT2D eigenvalue weighted by Crippen LogP contribution is -2.31. The molecule has 1 saturated heterocycles. The van der Waals surface area contributed by atoms with Crippen LogP contribution in [-0.4, -0.2) is 24.6 Å². The Bertz CT molecular complexity index is 376. The number of esters is 2. The van der Waals surface area contributed by atoms with Crippen molar-refractivity contribution in [3.63, 3.8) is 0 Å². The van der Waals surface area contributed by atoms with Crippen molar-refractivity contribution in [2.24, 2.45) is 29.6 Å². The summed E-state index contributed by atoms with van der Waals surface area (Å²) in [5.74, 6) is 0.869. The average molecular weight is 252 g/mol. The fraction of sp³-hybridized carbons (Fsp3) is 0.857. The first kappa shape index (κ1) is 12.0. The van der Waals surface area contributed by atoms with Crippen LogP contribution in [0.25, 0.3) is 0 Å². The van der Waals surface area contributed by atoms with E-state index in [9.17, 15) is 9.59 Å². The van der Waals surface area contributed by atoms with E-state index in [2.05, 4.69) is 0 Å². The summed E-state index contributed by atoms with van der Waals surface area (Å²) in [6.07, 6.45) is 3.00. The van der Waals surface area contributed by atoms with Crippen LogP contribution in [0.4, 0.5) is 0 Å². The largest absolute Gasteiger partial charge is 0.465 e. The minimum atomic E-state index is -0.136. The standard InChI is InChI=1S/C14H20O4/c1-3-7(2)13(15)17-6-10-8-4-9-11(5-8)18-14(16)12(9)10/h7-12H,3-6H2,1-2H3. The summed E-state index contributed by atoms with van der Waals surface area (Å²) in [6.45, 7) is 4.25. The van der Waals surface area contributed by atoms with Gasteiger partial charge in [-0.05, 0) is 25.2 Å². The Morgan fingerprint density at radius 3 is 3.00 bits per heavy atom. The Morgan fingerprint density at radius 1 is 1.50 bits per heavy atom. The molecule has 0 amide bonds. The van der Waals surface area contributed by atoms with Gasteiger partial charge in [0.1, 0.15) is 6.10 Å². The zero-order valence-corrected chi connectivity index (χ0v) is 10.9. The molecule has 2 bridgehead atoms. The summed E-state index contributed by atoms with van der Waals surface area (Å²) in [4.78, 5) is 23.5. The molecule has 3 rings (SSSR count). The van der Waals surface area contributed by atoms with Gasteiger partial charge < -0.3 is 9.47 Å². The molecule has 0 radical (unpaired) electrons. The smallest absolute Gasteiger partial charge is 0.310 e. The van der Waals surface area contributed by atoms with Crippen molar-refractivity contribution in [3.8, 4) is 0 Å². The number of ether oxygens (including phenoxy) is 2. The molecule has 1 aliphatic heterocycles. The van der Waals surface area contributed by atoms with Crippen LogP contribution in [0.1, 0.15) is 33.1 Å². The van der Waals surface area contributed by atoms with Crippen LogP contribution < -0.4 is 0 Å². The number of hydrogen-bond donors (Lipinski definition) is 0. The molecule has 6 atom stereocenters.